The van der Waals surface area contributed by atoms with Crippen LogP contribution in [-0.2, 0) is 6.18 Å². The molecule has 2 fully saturated rings. The zero-order valence-corrected chi connectivity index (χ0v) is 12.3. The average molecular weight is 319 g/mol. The van der Waals surface area contributed by atoms with E-state index in [9.17, 15) is 13.2 Å². The smallest absolute Gasteiger partial charge is 0.369 e. The molecule has 116 valence electrons. The van der Waals surface area contributed by atoms with Crippen LogP contribution >= 0.6 is 11.6 Å². The standard InChI is InChI=1S/C15H18ClF3N2/c16-13-8-10(15(17,18)19)3-6-14(13)21-7-1-2-12(9-21)20-11-4-5-11/h3,6,8,11-12,20H,1-2,4-5,7,9H2. The molecule has 0 bridgehead atoms. The first-order valence-corrected chi connectivity index (χ1v) is 7.69. The van der Waals surface area contributed by atoms with Crippen LogP contribution in [0.2, 0.25) is 5.02 Å². The molecule has 1 unspecified atom stereocenters. The van der Waals surface area contributed by atoms with E-state index >= 15 is 0 Å². The van der Waals surface area contributed by atoms with Gasteiger partial charge >= 0.3 is 6.18 Å². The third-order valence-electron chi connectivity index (χ3n) is 4.09. The Hall–Kier alpha value is -0.940. The summed E-state index contributed by atoms with van der Waals surface area (Å²) in [5.41, 5.74) is 0.00729. The molecule has 0 amide bonds. The van der Waals surface area contributed by atoms with Crippen LogP contribution in [0.25, 0.3) is 0 Å². The van der Waals surface area contributed by atoms with Gasteiger partial charge in [0.2, 0.25) is 0 Å². The summed E-state index contributed by atoms with van der Waals surface area (Å²) >= 11 is 6.07. The van der Waals surface area contributed by atoms with E-state index in [4.69, 9.17) is 11.6 Å². The van der Waals surface area contributed by atoms with Crippen molar-refractivity contribution in [3.05, 3.63) is 28.8 Å². The lowest BCUT2D eigenvalue weighted by atomic mass is 10.0. The Kier molecular flexibility index (Phi) is 4.06. The van der Waals surface area contributed by atoms with Crippen molar-refractivity contribution in [2.45, 2.75) is 43.9 Å². The van der Waals surface area contributed by atoms with Crippen LogP contribution in [0.5, 0.6) is 0 Å². The fraction of sp³-hybridized carbons (Fsp3) is 0.600. The minimum absolute atomic E-state index is 0.178. The predicted octanol–water partition coefficient (Wildman–Crippen LogP) is 4.08. The van der Waals surface area contributed by atoms with Gasteiger partial charge in [-0.1, -0.05) is 11.6 Å². The number of piperidine rings is 1. The zero-order valence-electron chi connectivity index (χ0n) is 11.6. The van der Waals surface area contributed by atoms with Crippen LogP contribution in [0, 0.1) is 0 Å². The van der Waals surface area contributed by atoms with Crippen molar-refractivity contribution in [1.29, 1.82) is 0 Å². The number of nitrogens with zero attached hydrogens (tertiary/aromatic N) is 1. The summed E-state index contributed by atoms with van der Waals surface area (Å²) in [6.45, 7) is 1.65. The molecule has 1 aliphatic heterocycles. The molecule has 1 heterocycles. The summed E-state index contributed by atoms with van der Waals surface area (Å²) in [6.07, 6.45) is 0.266. The van der Waals surface area contributed by atoms with Crippen molar-refractivity contribution in [1.82, 2.24) is 5.32 Å². The molecular weight excluding hydrogens is 301 g/mol. The number of anilines is 1. The fourth-order valence-corrected chi connectivity index (χ4v) is 3.16. The Balaban J connectivity index is 1.73. The second kappa shape index (κ2) is 5.69. The van der Waals surface area contributed by atoms with Gasteiger partial charge in [0, 0.05) is 25.2 Å². The molecule has 1 saturated heterocycles. The van der Waals surface area contributed by atoms with Crippen molar-refractivity contribution < 1.29 is 13.2 Å². The highest BCUT2D eigenvalue weighted by atomic mass is 35.5. The SMILES string of the molecule is FC(F)(F)c1ccc(N2CCCC(NC3CC3)C2)c(Cl)c1. The lowest BCUT2D eigenvalue weighted by Crippen LogP contribution is -2.46. The third-order valence-corrected chi connectivity index (χ3v) is 4.39. The van der Waals surface area contributed by atoms with Gasteiger partial charge in [0.25, 0.3) is 0 Å². The van der Waals surface area contributed by atoms with E-state index in [1.165, 1.54) is 18.9 Å². The second-order valence-corrected chi connectivity index (χ2v) is 6.30. The van der Waals surface area contributed by atoms with Crippen molar-refractivity contribution in [3.63, 3.8) is 0 Å². The maximum absolute atomic E-state index is 12.7. The number of hydrogen-bond donors (Lipinski definition) is 1. The second-order valence-electron chi connectivity index (χ2n) is 5.89. The maximum Gasteiger partial charge on any atom is 0.416 e. The number of hydrogen-bond acceptors (Lipinski definition) is 2. The van der Waals surface area contributed by atoms with E-state index in [-0.39, 0.29) is 5.02 Å². The number of halogens is 4. The van der Waals surface area contributed by atoms with Gasteiger partial charge in [0.15, 0.2) is 0 Å². The van der Waals surface area contributed by atoms with E-state index in [0.717, 1.165) is 38.1 Å². The summed E-state index contributed by atoms with van der Waals surface area (Å²) in [5.74, 6) is 0. The highest BCUT2D eigenvalue weighted by Gasteiger charge is 2.32. The molecule has 3 rings (SSSR count). The quantitative estimate of drug-likeness (QED) is 0.903. The van der Waals surface area contributed by atoms with E-state index in [1.807, 2.05) is 0 Å². The Bertz CT molecular complexity index is 514. The molecule has 0 spiro atoms. The highest BCUT2D eigenvalue weighted by molar-refractivity contribution is 6.33. The monoisotopic (exact) mass is 318 g/mol. The van der Waals surface area contributed by atoms with E-state index in [0.29, 0.717) is 17.8 Å². The first-order valence-electron chi connectivity index (χ1n) is 7.31. The molecule has 1 aromatic carbocycles. The molecule has 1 aliphatic carbocycles. The highest BCUT2D eigenvalue weighted by Crippen LogP contribution is 2.36. The Morgan fingerprint density at radius 1 is 1.14 bits per heavy atom. The molecule has 1 atom stereocenters. The molecule has 1 aromatic rings. The molecule has 6 heteroatoms. The molecule has 1 N–H and O–H groups in total. The zero-order chi connectivity index (χ0) is 15.0. The molecule has 2 aliphatic rings. The first kappa shape index (κ1) is 15.0. The van der Waals surface area contributed by atoms with E-state index < -0.39 is 11.7 Å². The third kappa shape index (κ3) is 3.64. The molecule has 2 nitrogen and oxygen atoms in total. The van der Waals surface area contributed by atoms with Crippen molar-refractivity contribution in [2.75, 3.05) is 18.0 Å². The average Bonchev–Trinajstić information content (AvgIpc) is 3.22. The van der Waals surface area contributed by atoms with Gasteiger partial charge in [0.05, 0.1) is 16.3 Å². The van der Waals surface area contributed by atoms with E-state index in [2.05, 4.69) is 10.2 Å². The maximum atomic E-state index is 12.7. The van der Waals surface area contributed by atoms with Crippen molar-refractivity contribution >= 4 is 17.3 Å². The van der Waals surface area contributed by atoms with Gasteiger partial charge in [-0.15, -0.1) is 0 Å². The number of nitrogens with one attached hydrogen (secondary N) is 1. The molecule has 1 saturated carbocycles. The molecule has 21 heavy (non-hydrogen) atoms. The normalized spacial score (nSPS) is 23.4. The minimum Gasteiger partial charge on any atom is -0.369 e. The summed E-state index contributed by atoms with van der Waals surface area (Å²) < 4.78 is 38.0. The summed E-state index contributed by atoms with van der Waals surface area (Å²) in [6, 6.07) is 4.67. The number of rotatable bonds is 3. The topological polar surface area (TPSA) is 15.3 Å². The van der Waals surface area contributed by atoms with Gasteiger partial charge in [-0.2, -0.15) is 13.2 Å². The molecular formula is C15H18ClF3N2. The lowest BCUT2D eigenvalue weighted by Gasteiger charge is -2.35. The Labute approximate surface area is 127 Å². The van der Waals surface area contributed by atoms with Gasteiger partial charge in [-0.05, 0) is 43.9 Å². The van der Waals surface area contributed by atoms with Gasteiger partial charge in [-0.25, -0.2) is 0 Å². The number of alkyl halides is 3. The first-order chi connectivity index (χ1) is 9.93. The molecule has 0 aromatic heterocycles. The van der Waals surface area contributed by atoms with Crippen LogP contribution < -0.4 is 10.2 Å². The van der Waals surface area contributed by atoms with Gasteiger partial charge in [0.1, 0.15) is 0 Å². The predicted molar refractivity (Wildman–Crippen MR) is 77.8 cm³/mol. The lowest BCUT2D eigenvalue weighted by molar-refractivity contribution is -0.137. The van der Waals surface area contributed by atoms with Crippen molar-refractivity contribution in [3.8, 4) is 0 Å². The van der Waals surface area contributed by atoms with Crippen molar-refractivity contribution in [2.24, 2.45) is 0 Å². The minimum atomic E-state index is -4.35. The largest absolute Gasteiger partial charge is 0.416 e. The van der Waals surface area contributed by atoms with Crippen LogP contribution in [0.1, 0.15) is 31.2 Å². The van der Waals surface area contributed by atoms with E-state index in [1.54, 1.807) is 0 Å². The molecule has 0 radical (unpaired) electrons. The van der Waals surface area contributed by atoms with Gasteiger partial charge in [-0.3, -0.25) is 0 Å². The summed E-state index contributed by atoms with van der Waals surface area (Å²) in [4.78, 5) is 2.09. The van der Waals surface area contributed by atoms with Crippen LogP contribution in [0.4, 0.5) is 18.9 Å². The Morgan fingerprint density at radius 2 is 1.90 bits per heavy atom. The van der Waals surface area contributed by atoms with Gasteiger partial charge < -0.3 is 10.2 Å². The Morgan fingerprint density at radius 3 is 2.52 bits per heavy atom. The van der Waals surface area contributed by atoms with Crippen LogP contribution in [0.3, 0.4) is 0 Å². The number of benzene rings is 1. The summed E-state index contributed by atoms with van der Waals surface area (Å²) in [5, 5.41) is 3.76. The van der Waals surface area contributed by atoms with Crippen LogP contribution in [-0.4, -0.2) is 25.2 Å². The fourth-order valence-electron chi connectivity index (χ4n) is 2.86. The summed E-state index contributed by atoms with van der Waals surface area (Å²) in [7, 11) is 0. The van der Waals surface area contributed by atoms with Crippen LogP contribution in [0.15, 0.2) is 18.2 Å².